The number of rotatable bonds is 2. The second kappa shape index (κ2) is 5.85. The van der Waals surface area contributed by atoms with E-state index in [9.17, 15) is 9.18 Å². The summed E-state index contributed by atoms with van der Waals surface area (Å²) in [4.78, 5) is 15.3. The van der Waals surface area contributed by atoms with Crippen LogP contribution in [0.1, 0.15) is 10.3 Å². The van der Waals surface area contributed by atoms with Crippen LogP contribution in [0.15, 0.2) is 41.8 Å². The van der Waals surface area contributed by atoms with Gasteiger partial charge in [0.15, 0.2) is 0 Å². The van der Waals surface area contributed by atoms with Gasteiger partial charge in [-0.05, 0) is 29.6 Å². The van der Waals surface area contributed by atoms with E-state index in [4.69, 9.17) is 0 Å². The van der Waals surface area contributed by atoms with Crippen LogP contribution in [0.4, 0.5) is 14.9 Å². The first-order valence-electron chi connectivity index (χ1n) is 6.22. The highest BCUT2D eigenvalue weighted by molar-refractivity contribution is 7.99. The Kier molecular flexibility index (Phi) is 3.93. The first-order valence-corrected chi connectivity index (χ1v) is 8.15. The molecule has 2 heterocycles. The maximum atomic E-state index is 13.1. The lowest BCUT2D eigenvalue weighted by Crippen LogP contribution is -2.34. The van der Waals surface area contributed by atoms with Crippen LogP contribution >= 0.6 is 23.1 Å². The average Bonchev–Trinajstić information content (AvgIpc) is 3.09. The number of carbonyl (C=O) groups is 1. The second-order valence-electron chi connectivity index (χ2n) is 4.37. The van der Waals surface area contributed by atoms with Crippen LogP contribution in [-0.2, 0) is 0 Å². The monoisotopic (exact) mass is 308 g/mol. The van der Waals surface area contributed by atoms with Gasteiger partial charge in [-0.15, -0.1) is 23.1 Å². The van der Waals surface area contributed by atoms with Crippen molar-refractivity contribution in [3.05, 3.63) is 52.5 Å². The molecule has 6 heteroatoms. The fourth-order valence-electron chi connectivity index (χ4n) is 2.11. The summed E-state index contributed by atoms with van der Waals surface area (Å²) < 4.78 is 13.1. The van der Waals surface area contributed by atoms with Gasteiger partial charge in [0.1, 0.15) is 11.2 Å². The van der Waals surface area contributed by atoms with Gasteiger partial charge in [0.05, 0.1) is 0 Å². The molecule has 20 heavy (non-hydrogen) atoms. The molecule has 104 valence electrons. The molecule has 0 unspecified atom stereocenters. The van der Waals surface area contributed by atoms with Gasteiger partial charge in [-0.2, -0.15) is 0 Å². The highest BCUT2D eigenvalue weighted by Gasteiger charge is 2.31. The minimum absolute atomic E-state index is 0.0589. The third-order valence-corrected chi connectivity index (χ3v) is 5.33. The number of benzene rings is 1. The standard InChI is InChI=1S/C14H13FN2OS2/c15-10-3-1-4-11(9-10)16-14(18)17-6-8-20-13(17)12-5-2-7-19-12/h1-5,7,9,13H,6,8H2,(H,16,18)/t13-/m0/s1. The van der Waals surface area contributed by atoms with E-state index < -0.39 is 0 Å². The smallest absolute Gasteiger partial charge is 0.308 e. The Morgan fingerprint density at radius 1 is 1.35 bits per heavy atom. The zero-order valence-corrected chi connectivity index (χ0v) is 12.2. The number of anilines is 1. The summed E-state index contributed by atoms with van der Waals surface area (Å²) in [5.41, 5.74) is 0.483. The molecule has 1 aliphatic heterocycles. The summed E-state index contributed by atoms with van der Waals surface area (Å²) in [6, 6.07) is 9.79. The Hall–Kier alpha value is -1.53. The molecular weight excluding hydrogens is 295 g/mol. The average molecular weight is 308 g/mol. The maximum absolute atomic E-state index is 13.1. The molecule has 2 aromatic rings. The highest BCUT2D eigenvalue weighted by Crippen LogP contribution is 2.40. The molecule has 0 radical (unpaired) electrons. The normalized spacial score (nSPS) is 18.2. The van der Waals surface area contributed by atoms with E-state index >= 15 is 0 Å². The second-order valence-corrected chi connectivity index (χ2v) is 6.54. The quantitative estimate of drug-likeness (QED) is 0.903. The molecule has 0 saturated carbocycles. The van der Waals surface area contributed by atoms with Crippen LogP contribution in [0.2, 0.25) is 0 Å². The topological polar surface area (TPSA) is 32.3 Å². The number of hydrogen-bond donors (Lipinski definition) is 1. The maximum Gasteiger partial charge on any atom is 0.323 e. The van der Waals surface area contributed by atoms with E-state index in [0.717, 1.165) is 5.75 Å². The number of carbonyl (C=O) groups excluding carboxylic acids is 1. The lowest BCUT2D eigenvalue weighted by Gasteiger charge is -2.23. The van der Waals surface area contributed by atoms with E-state index in [-0.39, 0.29) is 17.2 Å². The number of hydrogen-bond acceptors (Lipinski definition) is 3. The largest absolute Gasteiger partial charge is 0.323 e. The van der Waals surface area contributed by atoms with Crippen molar-refractivity contribution in [1.29, 1.82) is 0 Å². The molecule has 1 saturated heterocycles. The molecule has 2 amide bonds. The highest BCUT2D eigenvalue weighted by atomic mass is 32.2. The zero-order chi connectivity index (χ0) is 13.9. The van der Waals surface area contributed by atoms with Gasteiger partial charge in [0, 0.05) is 22.9 Å². The van der Waals surface area contributed by atoms with E-state index in [0.29, 0.717) is 12.2 Å². The summed E-state index contributed by atoms with van der Waals surface area (Å²) in [5, 5.41) is 4.82. The van der Waals surface area contributed by atoms with Gasteiger partial charge >= 0.3 is 6.03 Å². The molecule has 1 fully saturated rings. The van der Waals surface area contributed by atoms with Gasteiger partial charge < -0.3 is 10.2 Å². The molecule has 0 spiro atoms. The van der Waals surface area contributed by atoms with Gasteiger partial charge in [-0.1, -0.05) is 12.1 Å². The van der Waals surface area contributed by atoms with E-state index in [2.05, 4.69) is 5.32 Å². The lowest BCUT2D eigenvalue weighted by molar-refractivity contribution is 0.215. The van der Waals surface area contributed by atoms with Crippen molar-refractivity contribution in [3.8, 4) is 0 Å². The Bertz CT molecular complexity index is 603. The van der Waals surface area contributed by atoms with Crippen LogP contribution in [0.3, 0.4) is 0 Å². The number of halogens is 1. The molecule has 1 atom stereocenters. The summed E-state index contributed by atoms with van der Waals surface area (Å²) in [6.45, 7) is 0.703. The minimum atomic E-state index is -0.353. The van der Waals surface area contributed by atoms with Crippen LogP contribution < -0.4 is 5.32 Å². The predicted octanol–water partition coefficient (Wildman–Crippen LogP) is 4.17. The molecular formula is C14H13FN2OS2. The van der Waals surface area contributed by atoms with E-state index in [1.54, 1.807) is 40.1 Å². The zero-order valence-electron chi connectivity index (χ0n) is 10.6. The molecule has 1 aliphatic rings. The summed E-state index contributed by atoms with van der Waals surface area (Å²) in [7, 11) is 0. The van der Waals surface area contributed by atoms with Crippen LogP contribution in [0.25, 0.3) is 0 Å². The molecule has 0 aliphatic carbocycles. The first-order chi connectivity index (χ1) is 9.74. The van der Waals surface area contributed by atoms with Gasteiger partial charge in [0.25, 0.3) is 0 Å². The van der Waals surface area contributed by atoms with Gasteiger partial charge in [-0.25, -0.2) is 9.18 Å². The number of nitrogens with zero attached hydrogens (tertiary/aromatic N) is 1. The van der Waals surface area contributed by atoms with Crippen molar-refractivity contribution in [2.45, 2.75) is 5.37 Å². The van der Waals surface area contributed by atoms with Gasteiger partial charge in [0.2, 0.25) is 0 Å². The number of thioether (sulfide) groups is 1. The predicted molar refractivity (Wildman–Crippen MR) is 81.6 cm³/mol. The van der Waals surface area contributed by atoms with Gasteiger partial charge in [-0.3, -0.25) is 0 Å². The third kappa shape index (κ3) is 2.81. The fraction of sp³-hybridized carbons (Fsp3) is 0.214. The molecule has 3 rings (SSSR count). The number of nitrogens with one attached hydrogen (secondary N) is 1. The first kappa shape index (κ1) is 13.5. The SMILES string of the molecule is O=C(Nc1cccc(F)c1)N1CCS[C@H]1c1cccs1. The number of thiophene rings is 1. The van der Waals surface area contributed by atoms with E-state index in [1.807, 2.05) is 17.5 Å². The van der Waals surface area contributed by atoms with Crippen molar-refractivity contribution in [2.24, 2.45) is 0 Å². The Morgan fingerprint density at radius 3 is 3.00 bits per heavy atom. The molecule has 3 nitrogen and oxygen atoms in total. The number of amides is 2. The van der Waals surface area contributed by atoms with Crippen molar-refractivity contribution in [1.82, 2.24) is 4.90 Å². The Balaban J connectivity index is 1.73. The molecule has 1 N–H and O–H groups in total. The van der Waals surface area contributed by atoms with Crippen LogP contribution in [0, 0.1) is 5.82 Å². The molecule has 0 bridgehead atoms. The van der Waals surface area contributed by atoms with Crippen molar-refractivity contribution < 1.29 is 9.18 Å². The Labute approximate surface area is 124 Å². The Morgan fingerprint density at radius 2 is 2.25 bits per heavy atom. The summed E-state index contributed by atoms with van der Waals surface area (Å²) >= 11 is 3.40. The third-order valence-electron chi connectivity index (χ3n) is 3.01. The lowest BCUT2D eigenvalue weighted by atomic mass is 10.3. The summed E-state index contributed by atoms with van der Waals surface area (Å²) in [5.74, 6) is 0.562. The van der Waals surface area contributed by atoms with Crippen molar-refractivity contribution in [2.75, 3.05) is 17.6 Å². The van der Waals surface area contributed by atoms with Crippen molar-refractivity contribution >= 4 is 34.8 Å². The molecule has 1 aromatic carbocycles. The van der Waals surface area contributed by atoms with E-state index in [1.165, 1.54) is 17.0 Å². The van der Waals surface area contributed by atoms with Crippen LogP contribution in [-0.4, -0.2) is 23.2 Å². The fourth-order valence-corrected chi connectivity index (χ4v) is 4.34. The van der Waals surface area contributed by atoms with Crippen LogP contribution in [0.5, 0.6) is 0 Å². The number of urea groups is 1. The minimum Gasteiger partial charge on any atom is -0.308 e. The van der Waals surface area contributed by atoms with Crippen molar-refractivity contribution in [3.63, 3.8) is 0 Å². The summed E-state index contributed by atoms with van der Waals surface area (Å²) in [6.07, 6.45) is 0. The molecule has 1 aromatic heterocycles.